The zero-order valence-corrected chi connectivity index (χ0v) is 12.4. The van der Waals surface area contributed by atoms with Crippen molar-refractivity contribution in [3.05, 3.63) is 17.5 Å². The van der Waals surface area contributed by atoms with Crippen molar-refractivity contribution >= 4 is 12.1 Å². The van der Waals surface area contributed by atoms with Crippen molar-refractivity contribution in [2.75, 3.05) is 0 Å². The molecule has 112 valence electrons. The molecule has 1 heterocycles. The summed E-state index contributed by atoms with van der Waals surface area (Å²) in [7, 11) is 0. The van der Waals surface area contributed by atoms with Gasteiger partial charge in [0.15, 0.2) is 5.69 Å². The van der Waals surface area contributed by atoms with Crippen molar-refractivity contribution < 1.29 is 19.4 Å². The van der Waals surface area contributed by atoms with Gasteiger partial charge in [-0.1, -0.05) is 0 Å². The lowest BCUT2D eigenvalue weighted by Crippen LogP contribution is -2.40. The first-order valence-corrected chi connectivity index (χ1v) is 6.37. The van der Waals surface area contributed by atoms with E-state index in [1.165, 1.54) is 11.0 Å². The van der Waals surface area contributed by atoms with E-state index >= 15 is 0 Å². The second-order valence-corrected chi connectivity index (χ2v) is 5.79. The van der Waals surface area contributed by atoms with Gasteiger partial charge in [-0.15, -0.1) is 0 Å². The summed E-state index contributed by atoms with van der Waals surface area (Å²) in [6, 6.07) is 1.32. The Hall–Kier alpha value is -2.05. The maximum atomic E-state index is 12.1. The first kappa shape index (κ1) is 16.0. The molecule has 1 aromatic rings. The molecule has 0 bridgehead atoms. The number of amides is 1. The summed E-state index contributed by atoms with van der Waals surface area (Å²) in [5.74, 6) is -1.11. The van der Waals surface area contributed by atoms with Crippen LogP contribution in [0.25, 0.3) is 0 Å². The van der Waals surface area contributed by atoms with Gasteiger partial charge < -0.3 is 9.84 Å². The fraction of sp³-hybridized carbons (Fsp3) is 0.615. The van der Waals surface area contributed by atoms with E-state index < -0.39 is 17.7 Å². The van der Waals surface area contributed by atoms with Crippen LogP contribution < -0.4 is 0 Å². The normalized spacial score (nSPS) is 11.5. The molecule has 1 rings (SSSR count). The van der Waals surface area contributed by atoms with Crippen LogP contribution in [-0.4, -0.2) is 43.9 Å². The molecule has 7 heteroatoms. The van der Waals surface area contributed by atoms with Gasteiger partial charge in [0, 0.05) is 6.04 Å². The molecule has 0 aliphatic rings. The molecule has 1 aromatic heterocycles. The lowest BCUT2D eigenvalue weighted by atomic mass is 10.2. The van der Waals surface area contributed by atoms with Crippen LogP contribution in [0.15, 0.2) is 6.07 Å². The Morgan fingerprint density at radius 2 is 2.05 bits per heavy atom. The monoisotopic (exact) mass is 283 g/mol. The molecule has 0 spiro atoms. The average molecular weight is 283 g/mol. The van der Waals surface area contributed by atoms with Gasteiger partial charge in [-0.3, -0.25) is 10.00 Å². The number of ether oxygens (including phenoxy) is 1. The topological polar surface area (TPSA) is 95.5 Å². The van der Waals surface area contributed by atoms with E-state index in [2.05, 4.69) is 10.2 Å². The van der Waals surface area contributed by atoms with Crippen LogP contribution in [0.4, 0.5) is 4.79 Å². The van der Waals surface area contributed by atoms with E-state index in [-0.39, 0.29) is 18.3 Å². The molecule has 0 aliphatic heterocycles. The number of nitrogens with one attached hydrogen (secondary N) is 1. The van der Waals surface area contributed by atoms with Crippen molar-refractivity contribution in [2.24, 2.45) is 0 Å². The fourth-order valence-electron chi connectivity index (χ4n) is 1.51. The Labute approximate surface area is 117 Å². The summed E-state index contributed by atoms with van der Waals surface area (Å²) < 4.78 is 5.32. The first-order chi connectivity index (χ1) is 9.10. The SMILES string of the molecule is CC(C)N(Cc1cc(C(=O)O)n[nH]1)C(=O)OC(C)(C)C. The number of hydrogen-bond donors (Lipinski definition) is 2. The number of carbonyl (C=O) groups is 2. The van der Waals surface area contributed by atoms with Crippen LogP contribution in [-0.2, 0) is 11.3 Å². The Morgan fingerprint density at radius 3 is 2.45 bits per heavy atom. The maximum Gasteiger partial charge on any atom is 0.410 e. The molecule has 0 saturated heterocycles. The zero-order valence-electron chi connectivity index (χ0n) is 12.4. The summed E-state index contributed by atoms with van der Waals surface area (Å²) in [4.78, 5) is 24.4. The van der Waals surface area contributed by atoms with Gasteiger partial charge in [0.25, 0.3) is 0 Å². The standard InChI is InChI=1S/C13H21N3O4/c1-8(2)16(12(19)20-13(3,4)5)7-9-6-10(11(17)18)15-14-9/h6,8H,7H2,1-5H3,(H,14,15)(H,17,18). The molecule has 0 atom stereocenters. The number of carboxylic acid groups (broad SMARTS) is 1. The Bertz CT molecular complexity index is 488. The third kappa shape index (κ3) is 4.56. The molecule has 0 fully saturated rings. The highest BCUT2D eigenvalue weighted by Crippen LogP contribution is 2.14. The summed E-state index contributed by atoms with van der Waals surface area (Å²) in [5, 5.41) is 15.1. The molecule has 20 heavy (non-hydrogen) atoms. The number of rotatable bonds is 4. The van der Waals surface area contributed by atoms with Gasteiger partial charge in [-0.2, -0.15) is 5.10 Å². The number of H-pyrrole nitrogens is 1. The Kier molecular flexibility index (Phi) is 4.75. The van der Waals surface area contributed by atoms with Gasteiger partial charge >= 0.3 is 12.1 Å². The molecular formula is C13H21N3O4. The van der Waals surface area contributed by atoms with Crippen molar-refractivity contribution in [2.45, 2.75) is 52.8 Å². The van der Waals surface area contributed by atoms with Crippen LogP contribution in [0.1, 0.15) is 50.8 Å². The van der Waals surface area contributed by atoms with Gasteiger partial charge in [0.05, 0.1) is 12.2 Å². The van der Waals surface area contributed by atoms with E-state index in [9.17, 15) is 9.59 Å². The summed E-state index contributed by atoms with van der Waals surface area (Å²) in [6.45, 7) is 9.32. The number of aromatic nitrogens is 2. The number of carboxylic acids is 1. The van der Waals surface area contributed by atoms with Crippen LogP contribution in [0.2, 0.25) is 0 Å². The minimum atomic E-state index is -1.11. The molecule has 0 aromatic carbocycles. The highest BCUT2D eigenvalue weighted by Gasteiger charge is 2.25. The van der Waals surface area contributed by atoms with Gasteiger partial charge in [-0.05, 0) is 40.7 Å². The molecule has 0 aliphatic carbocycles. The van der Waals surface area contributed by atoms with Crippen LogP contribution in [0, 0.1) is 0 Å². The smallest absolute Gasteiger partial charge is 0.410 e. The van der Waals surface area contributed by atoms with E-state index in [1.54, 1.807) is 20.8 Å². The number of hydrogen-bond acceptors (Lipinski definition) is 4. The molecule has 1 amide bonds. The van der Waals surface area contributed by atoms with Gasteiger partial charge in [0.2, 0.25) is 0 Å². The van der Waals surface area contributed by atoms with E-state index in [4.69, 9.17) is 9.84 Å². The van der Waals surface area contributed by atoms with Gasteiger partial charge in [0.1, 0.15) is 5.60 Å². The Morgan fingerprint density at radius 1 is 1.45 bits per heavy atom. The summed E-state index contributed by atoms with van der Waals surface area (Å²) in [5.41, 5.74) is -0.111. The molecular weight excluding hydrogens is 262 g/mol. The van der Waals surface area contributed by atoms with Crippen LogP contribution in [0.3, 0.4) is 0 Å². The molecule has 7 nitrogen and oxygen atoms in total. The third-order valence-corrected chi connectivity index (χ3v) is 2.44. The van der Waals surface area contributed by atoms with Gasteiger partial charge in [-0.25, -0.2) is 9.59 Å². The van der Waals surface area contributed by atoms with Crippen LogP contribution >= 0.6 is 0 Å². The van der Waals surface area contributed by atoms with Crippen LogP contribution in [0.5, 0.6) is 0 Å². The highest BCUT2D eigenvalue weighted by atomic mass is 16.6. The maximum absolute atomic E-state index is 12.1. The van der Waals surface area contributed by atoms with Crippen molar-refractivity contribution in [3.8, 4) is 0 Å². The number of carbonyl (C=O) groups excluding carboxylic acids is 1. The number of nitrogens with zero attached hydrogens (tertiary/aromatic N) is 2. The highest BCUT2D eigenvalue weighted by molar-refractivity contribution is 5.85. The zero-order chi connectivity index (χ0) is 15.5. The molecule has 0 saturated carbocycles. The van der Waals surface area contributed by atoms with Crippen molar-refractivity contribution in [1.29, 1.82) is 0 Å². The second-order valence-electron chi connectivity index (χ2n) is 5.79. The van der Waals surface area contributed by atoms with E-state index in [0.29, 0.717) is 5.69 Å². The summed E-state index contributed by atoms with van der Waals surface area (Å²) >= 11 is 0. The second kappa shape index (κ2) is 5.94. The molecule has 2 N–H and O–H groups in total. The fourth-order valence-corrected chi connectivity index (χ4v) is 1.51. The first-order valence-electron chi connectivity index (χ1n) is 6.37. The lowest BCUT2D eigenvalue weighted by Gasteiger charge is -2.29. The Balaban J connectivity index is 2.81. The summed E-state index contributed by atoms with van der Waals surface area (Å²) in [6.07, 6.45) is -0.445. The lowest BCUT2D eigenvalue weighted by molar-refractivity contribution is 0.0169. The van der Waals surface area contributed by atoms with Crippen molar-refractivity contribution in [1.82, 2.24) is 15.1 Å². The quantitative estimate of drug-likeness (QED) is 0.883. The minimum absolute atomic E-state index is 0.0760. The third-order valence-electron chi connectivity index (χ3n) is 2.44. The molecule has 0 unspecified atom stereocenters. The number of aromatic carboxylic acids is 1. The number of aromatic amines is 1. The van der Waals surface area contributed by atoms with E-state index in [0.717, 1.165) is 0 Å². The minimum Gasteiger partial charge on any atom is -0.476 e. The largest absolute Gasteiger partial charge is 0.476 e. The predicted molar refractivity (Wildman–Crippen MR) is 72.5 cm³/mol. The van der Waals surface area contributed by atoms with Crippen molar-refractivity contribution in [3.63, 3.8) is 0 Å². The average Bonchev–Trinajstić information content (AvgIpc) is 2.71. The predicted octanol–water partition coefficient (Wildman–Crippen LogP) is 2.25. The van der Waals surface area contributed by atoms with E-state index in [1.807, 2.05) is 13.8 Å². The molecule has 0 radical (unpaired) electrons.